The molecule has 0 fully saturated rings. The molecular weight excluding hydrogens is 370 g/mol. The predicted molar refractivity (Wildman–Crippen MR) is 76.2 cm³/mol. The molecule has 2 aromatic rings. The first kappa shape index (κ1) is 19.6. The summed E-state index contributed by atoms with van der Waals surface area (Å²) in [6, 6.07) is 5.95. The van der Waals surface area contributed by atoms with Crippen molar-refractivity contribution in [3.8, 4) is 16.9 Å². The van der Waals surface area contributed by atoms with Crippen LogP contribution in [0.1, 0.15) is 17.2 Å². The van der Waals surface area contributed by atoms with Crippen molar-refractivity contribution in [2.75, 3.05) is 0 Å². The fourth-order valence-corrected chi connectivity index (χ4v) is 2.24. The van der Waals surface area contributed by atoms with Gasteiger partial charge in [0, 0.05) is 5.56 Å². The Morgan fingerprint density at radius 1 is 0.962 bits per heavy atom. The van der Waals surface area contributed by atoms with Gasteiger partial charge in [-0.2, -0.15) is 13.2 Å². The second-order valence-electron chi connectivity index (χ2n) is 5.08. The maximum Gasteiger partial charge on any atom is 0.573 e. The summed E-state index contributed by atoms with van der Waals surface area (Å²) >= 11 is 0. The first-order valence-corrected chi connectivity index (χ1v) is 6.87. The summed E-state index contributed by atoms with van der Waals surface area (Å²) in [5, 5.41) is 18.6. The van der Waals surface area contributed by atoms with E-state index in [-0.39, 0.29) is 0 Å². The Labute approximate surface area is 142 Å². The highest BCUT2D eigenvalue weighted by atomic mass is 19.4. The number of rotatable bonds is 4. The molecule has 0 heterocycles. The maximum absolute atomic E-state index is 13.0. The summed E-state index contributed by atoms with van der Waals surface area (Å²) in [6.07, 6.45) is -12.2. The number of aliphatic carboxylic acids is 1. The van der Waals surface area contributed by atoms with Crippen LogP contribution in [-0.2, 0) is 11.0 Å². The summed E-state index contributed by atoms with van der Waals surface area (Å²) in [7, 11) is 0. The highest BCUT2D eigenvalue weighted by molar-refractivity contribution is 5.82. The fourth-order valence-electron chi connectivity index (χ4n) is 2.24. The van der Waals surface area contributed by atoms with Gasteiger partial charge in [0.2, 0.25) is 0 Å². The zero-order valence-electron chi connectivity index (χ0n) is 12.6. The standard InChI is InChI=1S/C16H10F6O4/c17-15(18,19)8-5-6-10(13(23)14(24)25)11(7-8)9-3-1-2-4-12(9)26-16(20,21)22/h1-7,13,23H,(H,24,25). The van der Waals surface area contributed by atoms with Crippen LogP contribution in [0.2, 0.25) is 0 Å². The molecule has 0 aliphatic heterocycles. The molecule has 26 heavy (non-hydrogen) atoms. The van der Waals surface area contributed by atoms with Crippen LogP contribution < -0.4 is 4.74 Å². The van der Waals surface area contributed by atoms with Crippen molar-refractivity contribution in [1.29, 1.82) is 0 Å². The van der Waals surface area contributed by atoms with E-state index in [2.05, 4.69) is 4.74 Å². The molecule has 4 nitrogen and oxygen atoms in total. The van der Waals surface area contributed by atoms with Crippen LogP contribution in [0.4, 0.5) is 26.3 Å². The molecule has 0 aliphatic carbocycles. The van der Waals surface area contributed by atoms with E-state index in [1.165, 1.54) is 6.07 Å². The lowest BCUT2D eigenvalue weighted by molar-refractivity contribution is -0.274. The number of ether oxygens (including phenoxy) is 1. The molecule has 140 valence electrons. The van der Waals surface area contributed by atoms with Gasteiger partial charge in [-0.05, 0) is 29.3 Å². The number of alkyl halides is 6. The van der Waals surface area contributed by atoms with Crippen molar-refractivity contribution in [2.45, 2.75) is 18.6 Å². The van der Waals surface area contributed by atoms with Crippen LogP contribution in [0.5, 0.6) is 5.75 Å². The molecule has 0 aliphatic rings. The van der Waals surface area contributed by atoms with Crippen LogP contribution in [0.15, 0.2) is 42.5 Å². The van der Waals surface area contributed by atoms with Gasteiger partial charge in [0.15, 0.2) is 6.10 Å². The Balaban J connectivity index is 2.72. The number of aliphatic hydroxyl groups is 1. The number of hydrogen-bond donors (Lipinski definition) is 2. The number of hydrogen-bond acceptors (Lipinski definition) is 3. The monoisotopic (exact) mass is 380 g/mol. The summed E-state index contributed by atoms with van der Waals surface area (Å²) < 4.78 is 80.3. The van der Waals surface area contributed by atoms with Gasteiger partial charge in [-0.1, -0.05) is 24.3 Å². The Kier molecular flexibility index (Phi) is 5.17. The van der Waals surface area contributed by atoms with Gasteiger partial charge in [-0.3, -0.25) is 0 Å². The molecule has 0 radical (unpaired) electrons. The summed E-state index contributed by atoms with van der Waals surface area (Å²) in [6.45, 7) is 0. The van der Waals surface area contributed by atoms with Crippen LogP contribution >= 0.6 is 0 Å². The van der Waals surface area contributed by atoms with Crippen molar-refractivity contribution in [1.82, 2.24) is 0 Å². The Morgan fingerprint density at radius 3 is 2.12 bits per heavy atom. The molecule has 10 heteroatoms. The third-order valence-electron chi connectivity index (χ3n) is 3.31. The normalized spacial score (nSPS) is 13.3. The minimum absolute atomic E-state index is 0.453. The molecule has 0 saturated heterocycles. The fraction of sp³-hybridized carbons (Fsp3) is 0.188. The van der Waals surface area contributed by atoms with Gasteiger partial charge in [0.05, 0.1) is 5.56 Å². The Bertz CT molecular complexity index is 813. The molecular formula is C16H10F6O4. The summed E-state index contributed by atoms with van der Waals surface area (Å²) in [5.74, 6) is -2.61. The largest absolute Gasteiger partial charge is 0.573 e. The molecule has 2 aromatic carbocycles. The highest BCUT2D eigenvalue weighted by Crippen LogP contribution is 2.40. The average molecular weight is 380 g/mol. The van der Waals surface area contributed by atoms with Crippen molar-refractivity contribution in [3.05, 3.63) is 53.6 Å². The minimum atomic E-state index is -5.12. The lowest BCUT2D eigenvalue weighted by Crippen LogP contribution is -2.18. The lowest BCUT2D eigenvalue weighted by atomic mass is 9.93. The zero-order valence-corrected chi connectivity index (χ0v) is 12.6. The number of carboxylic acid groups (broad SMARTS) is 1. The van der Waals surface area contributed by atoms with Crippen molar-refractivity contribution in [3.63, 3.8) is 0 Å². The van der Waals surface area contributed by atoms with Crippen LogP contribution in [0.25, 0.3) is 11.1 Å². The van der Waals surface area contributed by atoms with Crippen molar-refractivity contribution in [2.24, 2.45) is 0 Å². The second-order valence-corrected chi connectivity index (χ2v) is 5.08. The number of aliphatic hydroxyl groups excluding tert-OH is 1. The molecule has 1 unspecified atom stereocenters. The number of carboxylic acids is 1. The van der Waals surface area contributed by atoms with E-state index in [9.17, 15) is 36.2 Å². The van der Waals surface area contributed by atoms with E-state index in [4.69, 9.17) is 5.11 Å². The highest BCUT2D eigenvalue weighted by Gasteiger charge is 2.35. The van der Waals surface area contributed by atoms with Gasteiger partial charge < -0.3 is 14.9 Å². The van der Waals surface area contributed by atoms with E-state index < -0.39 is 52.6 Å². The number of para-hydroxylation sites is 1. The van der Waals surface area contributed by atoms with Crippen molar-refractivity contribution >= 4 is 5.97 Å². The summed E-state index contributed by atoms with van der Waals surface area (Å²) in [4.78, 5) is 11.0. The molecule has 0 amide bonds. The molecule has 0 spiro atoms. The molecule has 1 atom stereocenters. The van der Waals surface area contributed by atoms with E-state index >= 15 is 0 Å². The number of carbonyl (C=O) groups is 1. The third-order valence-corrected chi connectivity index (χ3v) is 3.31. The van der Waals surface area contributed by atoms with Gasteiger partial charge in [0.25, 0.3) is 0 Å². The smallest absolute Gasteiger partial charge is 0.479 e. The summed E-state index contributed by atoms with van der Waals surface area (Å²) in [5.41, 5.74) is -2.74. The van der Waals surface area contributed by atoms with Crippen LogP contribution in [-0.4, -0.2) is 22.5 Å². The van der Waals surface area contributed by atoms with E-state index in [0.29, 0.717) is 18.2 Å². The maximum atomic E-state index is 13.0. The van der Waals surface area contributed by atoms with Crippen molar-refractivity contribution < 1.29 is 46.1 Å². The first-order chi connectivity index (χ1) is 11.9. The van der Waals surface area contributed by atoms with Gasteiger partial charge in [0.1, 0.15) is 5.75 Å². The SMILES string of the molecule is O=C(O)C(O)c1ccc(C(F)(F)F)cc1-c1ccccc1OC(F)(F)F. The van der Waals surface area contributed by atoms with Gasteiger partial charge in [-0.15, -0.1) is 13.2 Å². The zero-order chi connectivity index (χ0) is 19.7. The van der Waals surface area contributed by atoms with Crippen LogP contribution in [0.3, 0.4) is 0 Å². The topological polar surface area (TPSA) is 66.8 Å². The van der Waals surface area contributed by atoms with E-state index in [0.717, 1.165) is 18.2 Å². The Morgan fingerprint density at radius 2 is 1.58 bits per heavy atom. The lowest BCUT2D eigenvalue weighted by Gasteiger charge is -2.18. The van der Waals surface area contributed by atoms with Gasteiger partial charge >= 0.3 is 18.5 Å². The predicted octanol–water partition coefficient (Wildman–Crippen LogP) is 4.39. The second kappa shape index (κ2) is 6.87. The average Bonchev–Trinajstić information content (AvgIpc) is 2.51. The Hall–Kier alpha value is -2.75. The molecule has 0 bridgehead atoms. The van der Waals surface area contributed by atoms with E-state index in [1.807, 2.05) is 0 Å². The molecule has 2 N–H and O–H groups in total. The molecule has 2 rings (SSSR count). The quantitative estimate of drug-likeness (QED) is 0.773. The molecule has 0 saturated carbocycles. The number of halogens is 6. The number of benzene rings is 2. The molecule has 0 aromatic heterocycles. The van der Waals surface area contributed by atoms with Gasteiger partial charge in [-0.25, -0.2) is 4.79 Å². The van der Waals surface area contributed by atoms with E-state index in [1.54, 1.807) is 0 Å². The first-order valence-electron chi connectivity index (χ1n) is 6.87. The minimum Gasteiger partial charge on any atom is -0.479 e. The third kappa shape index (κ3) is 4.45. The van der Waals surface area contributed by atoms with Crippen LogP contribution in [0, 0.1) is 0 Å².